The fraction of sp³-hybridized carbons (Fsp3) is 0.133. The lowest BCUT2D eigenvalue weighted by atomic mass is 10.1. The van der Waals surface area contributed by atoms with Gasteiger partial charge in [-0.15, -0.1) is 11.3 Å². The van der Waals surface area contributed by atoms with Crippen LogP contribution >= 0.6 is 11.3 Å². The van der Waals surface area contributed by atoms with Crippen LogP contribution < -0.4 is 5.63 Å². The molecule has 3 aromatic rings. The van der Waals surface area contributed by atoms with Gasteiger partial charge in [-0.25, -0.2) is 9.78 Å². The molecule has 0 N–H and O–H groups in total. The molecule has 2 aromatic heterocycles. The quantitative estimate of drug-likeness (QED) is 0.549. The number of esters is 1. The van der Waals surface area contributed by atoms with Crippen molar-refractivity contribution < 1.29 is 13.9 Å². The zero-order valence-corrected chi connectivity index (χ0v) is 12.0. The number of nitrogens with zero attached hydrogens (tertiary/aromatic N) is 1. The van der Waals surface area contributed by atoms with Gasteiger partial charge in [-0.3, -0.25) is 4.79 Å². The summed E-state index contributed by atoms with van der Waals surface area (Å²) < 4.78 is 9.87. The molecular formula is C15H11NO4S. The van der Waals surface area contributed by atoms with Crippen LogP contribution in [-0.4, -0.2) is 18.1 Å². The summed E-state index contributed by atoms with van der Waals surface area (Å²) in [6.07, 6.45) is 0.0973. The molecule has 0 aliphatic carbocycles. The van der Waals surface area contributed by atoms with E-state index in [9.17, 15) is 9.59 Å². The number of carbonyl (C=O) groups is 1. The van der Waals surface area contributed by atoms with Crippen LogP contribution in [-0.2, 0) is 16.0 Å². The number of hydrogen-bond donors (Lipinski definition) is 0. The van der Waals surface area contributed by atoms with E-state index in [2.05, 4.69) is 9.72 Å². The van der Waals surface area contributed by atoms with E-state index in [4.69, 9.17) is 4.42 Å². The van der Waals surface area contributed by atoms with Crippen molar-refractivity contribution in [2.24, 2.45) is 0 Å². The Balaban J connectivity index is 2.02. The molecule has 0 fully saturated rings. The topological polar surface area (TPSA) is 69.4 Å². The number of thiazole rings is 1. The van der Waals surface area contributed by atoms with Gasteiger partial charge in [0.05, 0.1) is 24.8 Å². The molecular weight excluding hydrogens is 290 g/mol. The predicted octanol–water partition coefficient (Wildman–Crippen LogP) is 2.63. The summed E-state index contributed by atoms with van der Waals surface area (Å²) in [5.74, 6) is -0.360. The molecule has 21 heavy (non-hydrogen) atoms. The Labute approximate surface area is 123 Å². The minimum atomic E-state index is -0.441. The molecule has 0 atom stereocenters. The fourth-order valence-electron chi connectivity index (χ4n) is 1.95. The van der Waals surface area contributed by atoms with Gasteiger partial charge in [0.25, 0.3) is 0 Å². The van der Waals surface area contributed by atoms with Gasteiger partial charge in [0.15, 0.2) is 0 Å². The highest BCUT2D eigenvalue weighted by atomic mass is 32.1. The molecule has 0 aliphatic rings. The smallest absolute Gasteiger partial charge is 0.345 e. The average Bonchev–Trinajstić information content (AvgIpc) is 2.94. The minimum absolute atomic E-state index is 0.0973. The first-order valence-electron chi connectivity index (χ1n) is 6.22. The lowest BCUT2D eigenvalue weighted by Crippen LogP contribution is -2.05. The minimum Gasteiger partial charge on any atom is -0.469 e. The molecule has 106 valence electrons. The van der Waals surface area contributed by atoms with Gasteiger partial charge in [0.1, 0.15) is 10.6 Å². The second-order valence-corrected chi connectivity index (χ2v) is 5.31. The lowest BCUT2D eigenvalue weighted by Gasteiger charge is -1.99. The molecule has 0 spiro atoms. The maximum Gasteiger partial charge on any atom is 0.345 e. The molecule has 0 saturated heterocycles. The summed E-state index contributed by atoms with van der Waals surface area (Å²) >= 11 is 1.31. The van der Waals surface area contributed by atoms with Crippen LogP contribution in [0.25, 0.3) is 22.2 Å². The van der Waals surface area contributed by atoms with E-state index >= 15 is 0 Å². The van der Waals surface area contributed by atoms with Crippen LogP contribution in [0.5, 0.6) is 0 Å². The van der Waals surface area contributed by atoms with E-state index < -0.39 is 5.63 Å². The summed E-state index contributed by atoms with van der Waals surface area (Å²) in [6.45, 7) is 0. The van der Waals surface area contributed by atoms with E-state index in [1.165, 1.54) is 18.4 Å². The first-order chi connectivity index (χ1) is 10.2. The highest BCUT2D eigenvalue weighted by Gasteiger charge is 2.13. The normalized spacial score (nSPS) is 10.7. The van der Waals surface area contributed by atoms with E-state index in [0.29, 0.717) is 21.8 Å². The average molecular weight is 301 g/mol. The zero-order valence-electron chi connectivity index (χ0n) is 11.2. The van der Waals surface area contributed by atoms with Gasteiger partial charge in [-0.05, 0) is 12.1 Å². The van der Waals surface area contributed by atoms with Crippen LogP contribution in [0.15, 0.2) is 44.9 Å². The summed E-state index contributed by atoms with van der Waals surface area (Å²) in [4.78, 5) is 27.6. The molecule has 5 nitrogen and oxygen atoms in total. The highest BCUT2D eigenvalue weighted by Crippen LogP contribution is 2.23. The molecule has 0 radical (unpaired) electrons. The number of hydrogen-bond acceptors (Lipinski definition) is 6. The van der Waals surface area contributed by atoms with Gasteiger partial charge in [0, 0.05) is 10.8 Å². The number of methoxy groups -OCH3 is 1. The van der Waals surface area contributed by atoms with E-state index in [0.717, 1.165) is 5.39 Å². The zero-order chi connectivity index (χ0) is 14.8. The molecule has 0 amide bonds. The molecule has 0 saturated carbocycles. The summed E-state index contributed by atoms with van der Waals surface area (Å²) in [6, 6.07) is 9.03. The Hall–Kier alpha value is -2.47. The Kier molecular flexibility index (Phi) is 3.53. The van der Waals surface area contributed by atoms with Crippen molar-refractivity contribution in [1.29, 1.82) is 0 Å². The molecule has 2 heterocycles. The molecule has 0 aliphatic heterocycles. The first-order valence-corrected chi connectivity index (χ1v) is 7.10. The van der Waals surface area contributed by atoms with Crippen molar-refractivity contribution in [1.82, 2.24) is 4.98 Å². The van der Waals surface area contributed by atoms with Gasteiger partial charge < -0.3 is 9.15 Å². The fourth-order valence-corrected chi connectivity index (χ4v) is 2.73. The maximum absolute atomic E-state index is 12.0. The predicted molar refractivity (Wildman–Crippen MR) is 79.3 cm³/mol. The van der Waals surface area contributed by atoms with Crippen molar-refractivity contribution in [3.63, 3.8) is 0 Å². The van der Waals surface area contributed by atoms with Crippen molar-refractivity contribution in [3.8, 4) is 11.3 Å². The SMILES string of the molecule is COC(=O)Cc1nc(-c2cc3ccccc3oc2=O)cs1. The number of ether oxygens (including phenoxy) is 1. The van der Waals surface area contributed by atoms with Crippen LogP contribution in [0.4, 0.5) is 0 Å². The van der Waals surface area contributed by atoms with Crippen LogP contribution in [0, 0.1) is 0 Å². The molecule has 0 bridgehead atoms. The second-order valence-electron chi connectivity index (χ2n) is 4.36. The number of para-hydroxylation sites is 1. The van der Waals surface area contributed by atoms with Crippen LogP contribution in [0.2, 0.25) is 0 Å². The largest absolute Gasteiger partial charge is 0.469 e. The number of fused-ring (bicyclic) bond motifs is 1. The second kappa shape index (κ2) is 5.49. The lowest BCUT2D eigenvalue weighted by molar-refractivity contribution is -0.139. The monoisotopic (exact) mass is 301 g/mol. The maximum atomic E-state index is 12.0. The van der Waals surface area contributed by atoms with Crippen LogP contribution in [0.3, 0.4) is 0 Å². The number of aromatic nitrogens is 1. The van der Waals surface area contributed by atoms with E-state index in [1.807, 2.05) is 18.2 Å². The Bertz CT molecular complexity index is 865. The number of rotatable bonds is 3. The summed E-state index contributed by atoms with van der Waals surface area (Å²) in [5, 5.41) is 3.17. The Morgan fingerprint density at radius 2 is 2.19 bits per heavy atom. The summed E-state index contributed by atoms with van der Waals surface area (Å²) in [7, 11) is 1.33. The van der Waals surface area contributed by atoms with Gasteiger partial charge in [-0.1, -0.05) is 18.2 Å². The van der Waals surface area contributed by atoms with Crippen LogP contribution in [0.1, 0.15) is 5.01 Å². The molecule has 6 heteroatoms. The van der Waals surface area contributed by atoms with Crippen molar-refractivity contribution in [2.75, 3.05) is 7.11 Å². The van der Waals surface area contributed by atoms with Crippen molar-refractivity contribution in [2.45, 2.75) is 6.42 Å². The Morgan fingerprint density at radius 1 is 1.38 bits per heavy atom. The first kappa shape index (κ1) is 13.5. The number of benzene rings is 1. The van der Waals surface area contributed by atoms with Gasteiger partial charge >= 0.3 is 11.6 Å². The molecule has 3 rings (SSSR count). The van der Waals surface area contributed by atoms with Crippen molar-refractivity contribution in [3.05, 3.63) is 51.1 Å². The summed E-state index contributed by atoms with van der Waals surface area (Å²) in [5.41, 5.74) is 0.999. The standard InChI is InChI=1S/C15H11NO4S/c1-19-14(17)7-13-16-11(8-21-13)10-6-9-4-2-3-5-12(9)20-15(10)18/h2-6,8H,7H2,1H3. The van der Waals surface area contributed by atoms with Gasteiger partial charge in [0.2, 0.25) is 0 Å². The Morgan fingerprint density at radius 3 is 3.00 bits per heavy atom. The van der Waals surface area contributed by atoms with Crippen molar-refractivity contribution >= 4 is 28.3 Å². The third-order valence-corrected chi connectivity index (χ3v) is 3.84. The van der Waals surface area contributed by atoms with Gasteiger partial charge in [-0.2, -0.15) is 0 Å². The third kappa shape index (κ3) is 2.71. The molecule has 0 unspecified atom stereocenters. The molecule has 1 aromatic carbocycles. The third-order valence-electron chi connectivity index (χ3n) is 2.99. The van der Waals surface area contributed by atoms with E-state index in [-0.39, 0.29) is 12.4 Å². The van der Waals surface area contributed by atoms with E-state index in [1.54, 1.807) is 17.5 Å². The highest BCUT2D eigenvalue weighted by molar-refractivity contribution is 7.10. The number of carbonyl (C=O) groups excluding carboxylic acids is 1.